The number of benzene rings is 1. The maximum atomic E-state index is 13.1. The molecule has 118 valence electrons. The summed E-state index contributed by atoms with van der Waals surface area (Å²) in [6.07, 6.45) is -3.07. The van der Waals surface area contributed by atoms with Crippen LogP contribution in [0.5, 0.6) is 0 Å². The van der Waals surface area contributed by atoms with E-state index < -0.39 is 11.7 Å². The molecule has 0 saturated heterocycles. The van der Waals surface area contributed by atoms with Crippen LogP contribution in [0.2, 0.25) is 0 Å². The van der Waals surface area contributed by atoms with Gasteiger partial charge in [-0.15, -0.1) is 0 Å². The van der Waals surface area contributed by atoms with Gasteiger partial charge in [0.2, 0.25) is 5.95 Å². The molecule has 23 heavy (non-hydrogen) atoms. The summed E-state index contributed by atoms with van der Waals surface area (Å²) in [5.41, 5.74) is 11.6. The van der Waals surface area contributed by atoms with E-state index in [1.165, 1.54) is 18.3 Å². The molecule has 0 aliphatic rings. The number of aromatic nitrogens is 3. The predicted octanol–water partition coefficient (Wildman–Crippen LogP) is 2.80. The van der Waals surface area contributed by atoms with E-state index in [0.717, 1.165) is 6.07 Å². The van der Waals surface area contributed by atoms with Crippen molar-refractivity contribution in [3.63, 3.8) is 0 Å². The van der Waals surface area contributed by atoms with Crippen LogP contribution in [0.25, 0.3) is 10.9 Å². The zero-order valence-corrected chi connectivity index (χ0v) is 11.8. The van der Waals surface area contributed by atoms with Crippen molar-refractivity contribution in [1.29, 1.82) is 0 Å². The maximum Gasteiger partial charge on any atom is 0.416 e. The highest BCUT2D eigenvalue weighted by Gasteiger charge is 2.33. The zero-order chi connectivity index (χ0) is 16.6. The minimum Gasteiger partial charge on any atom is -0.383 e. The molecule has 0 saturated carbocycles. The van der Waals surface area contributed by atoms with E-state index in [1.807, 2.05) is 0 Å². The average Bonchev–Trinajstić information content (AvgIpc) is 2.46. The molecule has 0 fully saturated rings. The Morgan fingerprint density at radius 3 is 2.48 bits per heavy atom. The number of halogens is 3. The Morgan fingerprint density at radius 1 is 1.00 bits per heavy atom. The summed E-state index contributed by atoms with van der Waals surface area (Å²) in [5.74, 6) is 0.129. The van der Waals surface area contributed by atoms with Gasteiger partial charge in [0.05, 0.1) is 22.2 Å². The Hall–Kier alpha value is -2.90. The van der Waals surface area contributed by atoms with Crippen molar-refractivity contribution in [2.75, 3.05) is 11.5 Å². The van der Waals surface area contributed by atoms with Gasteiger partial charge >= 0.3 is 6.18 Å². The van der Waals surface area contributed by atoms with E-state index in [0.29, 0.717) is 16.6 Å². The third-order valence-electron chi connectivity index (χ3n) is 3.41. The van der Waals surface area contributed by atoms with Crippen molar-refractivity contribution in [2.45, 2.75) is 12.6 Å². The Labute approximate surface area is 129 Å². The molecule has 1 aromatic carbocycles. The first-order valence-electron chi connectivity index (χ1n) is 6.68. The summed E-state index contributed by atoms with van der Waals surface area (Å²) >= 11 is 0. The van der Waals surface area contributed by atoms with E-state index in [9.17, 15) is 13.2 Å². The van der Waals surface area contributed by atoms with E-state index in [-0.39, 0.29) is 23.8 Å². The zero-order valence-electron chi connectivity index (χ0n) is 11.8. The molecule has 8 heteroatoms. The Morgan fingerprint density at radius 2 is 1.74 bits per heavy atom. The second-order valence-corrected chi connectivity index (χ2v) is 4.95. The van der Waals surface area contributed by atoms with Crippen LogP contribution in [-0.2, 0) is 12.6 Å². The SMILES string of the molecule is Nc1nc(Cc2ccccc2C(F)(F)F)c2c(N)nccc2n1. The lowest BCUT2D eigenvalue weighted by Gasteiger charge is -2.13. The lowest BCUT2D eigenvalue weighted by atomic mass is 10.0. The number of anilines is 2. The van der Waals surface area contributed by atoms with Crippen LogP contribution in [0.1, 0.15) is 16.8 Å². The fourth-order valence-electron chi connectivity index (χ4n) is 2.46. The van der Waals surface area contributed by atoms with Crippen molar-refractivity contribution in [1.82, 2.24) is 15.0 Å². The largest absolute Gasteiger partial charge is 0.416 e. The minimum atomic E-state index is -4.45. The quantitative estimate of drug-likeness (QED) is 0.758. The fraction of sp³-hybridized carbons (Fsp3) is 0.133. The normalized spacial score (nSPS) is 11.8. The van der Waals surface area contributed by atoms with Crippen LogP contribution in [0, 0.1) is 0 Å². The van der Waals surface area contributed by atoms with Crippen molar-refractivity contribution in [3.8, 4) is 0 Å². The van der Waals surface area contributed by atoms with Crippen molar-refractivity contribution in [2.24, 2.45) is 0 Å². The topological polar surface area (TPSA) is 90.7 Å². The summed E-state index contributed by atoms with van der Waals surface area (Å²) in [6.45, 7) is 0. The Kier molecular flexibility index (Phi) is 3.51. The first-order chi connectivity index (χ1) is 10.9. The number of rotatable bonds is 2. The highest BCUT2D eigenvalue weighted by Crippen LogP contribution is 2.33. The van der Waals surface area contributed by atoms with Gasteiger partial charge in [0.25, 0.3) is 0 Å². The number of nitrogen functional groups attached to an aromatic ring is 2. The number of hydrogen-bond acceptors (Lipinski definition) is 5. The smallest absolute Gasteiger partial charge is 0.383 e. The van der Waals surface area contributed by atoms with E-state index in [1.54, 1.807) is 12.1 Å². The summed E-state index contributed by atoms with van der Waals surface area (Å²) in [6, 6.07) is 6.90. The molecule has 0 aliphatic carbocycles. The molecule has 0 spiro atoms. The maximum absolute atomic E-state index is 13.1. The van der Waals surface area contributed by atoms with Crippen LogP contribution >= 0.6 is 0 Å². The fourth-order valence-corrected chi connectivity index (χ4v) is 2.46. The number of pyridine rings is 1. The molecular formula is C15H12F3N5. The lowest BCUT2D eigenvalue weighted by molar-refractivity contribution is -0.138. The second-order valence-electron chi connectivity index (χ2n) is 4.95. The van der Waals surface area contributed by atoms with Gasteiger partial charge in [-0.3, -0.25) is 0 Å². The van der Waals surface area contributed by atoms with Gasteiger partial charge in [-0.1, -0.05) is 18.2 Å². The monoisotopic (exact) mass is 319 g/mol. The van der Waals surface area contributed by atoms with Gasteiger partial charge in [-0.2, -0.15) is 13.2 Å². The van der Waals surface area contributed by atoms with Gasteiger partial charge in [-0.25, -0.2) is 15.0 Å². The molecule has 3 rings (SSSR count). The Balaban J connectivity index is 2.17. The first-order valence-corrected chi connectivity index (χ1v) is 6.68. The highest BCUT2D eigenvalue weighted by atomic mass is 19.4. The van der Waals surface area contributed by atoms with Gasteiger partial charge in [0.1, 0.15) is 5.82 Å². The molecule has 5 nitrogen and oxygen atoms in total. The first kappa shape index (κ1) is 15.0. The predicted molar refractivity (Wildman–Crippen MR) is 80.4 cm³/mol. The molecule has 3 aromatic rings. The lowest BCUT2D eigenvalue weighted by Crippen LogP contribution is -2.11. The van der Waals surface area contributed by atoms with Crippen molar-refractivity contribution in [3.05, 3.63) is 53.3 Å². The minimum absolute atomic E-state index is 0.0254. The molecule has 0 aliphatic heterocycles. The molecule has 0 unspecified atom stereocenters. The van der Waals surface area contributed by atoms with Crippen LogP contribution in [0.3, 0.4) is 0 Å². The molecule has 2 heterocycles. The summed E-state index contributed by atoms with van der Waals surface area (Å²) < 4.78 is 39.4. The average molecular weight is 319 g/mol. The second kappa shape index (κ2) is 5.38. The van der Waals surface area contributed by atoms with E-state index >= 15 is 0 Å². The number of hydrogen-bond donors (Lipinski definition) is 2. The van der Waals surface area contributed by atoms with Crippen LogP contribution in [0.4, 0.5) is 24.9 Å². The van der Waals surface area contributed by atoms with E-state index in [2.05, 4.69) is 15.0 Å². The molecular weight excluding hydrogens is 307 g/mol. The standard InChI is InChI=1S/C15H12F3N5/c16-15(17,18)9-4-2-1-3-8(9)7-11-12-10(22-14(20)23-11)5-6-21-13(12)19/h1-6H,7H2,(H2,19,21)(H2,20,22,23). The molecule has 4 N–H and O–H groups in total. The third-order valence-corrected chi connectivity index (χ3v) is 3.41. The molecule has 2 aromatic heterocycles. The summed E-state index contributed by atoms with van der Waals surface area (Å²) in [5, 5.41) is 0.415. The highest BCUT2D eigenvalue weighted by molar-refractivity contribution is 5.90. The molecule has 0 atom stereocenters. The van der Waals surface area contributed by atoms with Gasteiger partial charge in [-0.05, 0) is 17.7 Å². The number of nitrogens with two attached hydrogens (primary N) is 2. The van der Waals surface area contributed by atoms with Crippen LogP contribution < -0.4 is 11.5 Å². The number of fused-ring (bicyclic) bond motifs is 1. The van der Waals surface area contributed by atoms with E-state index in [4.69, 9.17) is 11.5 Å². The Bertz CT molecular complexity index is 877. The van der Waals surface area contributed by atoms with Gasteiger partial charge in [0, 0.05) is 12.6 Å². The molecule has 0 amide bonds. The van der Waals surface area contributed by atoms with Gasteiger partial charge in [0.15, 0.2) is 0 Å². The van der Waals surface area contributed by atoms with Crippen LogP contribution in [-0.4, -0.2) is 15.0 Å². The van der Waals surface area contributed by atoms with Crippen molar-refractivity contribution < 1.29 is 13.2 Å². The third kappa shape index (κ3) is 2.87. The van der Waals surface area contributed by atoms with Crippen LogP contribution in [0.15, 0.2) is 36.5 Å². The summed E-state index contributed by atoms with van der Waals surface area (Å²) in [4.78, 5) is 12.0. The van der Waals surface area contributed by atoms with Crippen molar-refractivity contribution >= 4 is 22.7 Å². The van der Waals surface area contributed by atoms with Gasteiger partial charge < -0.3 is 11.5 Å². The molecule has 0 radical (unpaired) electrons. The number of nitrogens with zero attached hydrogens (tertiary/aromatic N) is 3. The summed E-state index contributed by atoms with van der Waals surface area (Å²) in [7, 11) is 0. The number of alkyl halides is 3. The molecule has 0 bridgehead atoms.